The summed E-state index contributed by atoms with van der Waals surface area (Å²) in [5.41, 5.74) is 1.85. The van der Waals surface area contributed by atoms with Crippen molar-refractivity contribution in [2.45, 2.75) is 37.8 Å². The van der Waals surface area contributed by atoms with Crippen LogP contribution in [0.15, 0.2) is 52.3 Å². The first-order valence-electron chi connectivity index (χ1n) is 11.2. The first-order valence-corrected chi connectivity index (χ1v) is 12.0. The fraction of sp³-hybridized carbons (Fsp3) is 0.292. The van der Waals surface area contributed by atoms with Crippen molar-refractivity contribution in [1.29, 1.82) is 0 Å². The molecule has 0 aliphatic carbocycles. The number of carbonyl (C=O) groups is 2. The van der Waals surface area contributed by atoms with Crippen LogP contribution >= 0.6 is 23.2 Å². The van der Waals surface area contributed by atoms with E-state index in [1.807, 2.05) is 12.1 Å². The maximum atomic E-state index is 12.7. The Hall–Kier alpha value is -3.27. The number of hydrogen-bond acceptors (Lipinski definition) is 7. The quantitative estimate of drug-likeness (QED) is 0.398. The number of esters is 2. The molecule has 2 atom stereocenters. The van der Waals surface area contributed by atoms with Crippen molar-refractivity contribution in [1.82, 2.24) is 20.1 Å². The summed E-state index contributed by atoms with van der Waals surface area (Å²) in [6, 6.07) is 11.2. The lowest BCUT2D eigenvalue weighted by atomic mass is 10.00. The second-order valence-corrected chi connectivity index (χ2v) is 9.18. The van der Waals surface area contributed by atoms with Gasteiger partial charge in [0.15, 0.2) is 5.82 Å². The molecule has 35 heavy (non-hydrogen) atoms. The van der Waals surface area contributed by atoms with Crippen molar-refractivity contribution in [3.63, 3.8) is 0 Å². The molecular weight excluding hydrogens is 493 g/mol. The third-order valence-corrected chi connectivity index (χ3v) is 6.61. The second-order valence-electron chi connectivity index (χ2n) is 8.34. The molecule has 0 amide bonds. The lowest BCUT2D eigenvalue weighted by Crippen LogP contribution is -2.33. The molecule has 1 aromatic heterocycles. The van der Waals surface area contributed by atoms with Gasteiger partial charge in [-0.1, -0.05) is 41.4 Å². The summed E-state index contributed by atoms with van der Waals surface area (Å²) < 4.78 is 6.45. The van der Waals surface area contributed by atoms with E-state index in [0.29, 0.717) is 44.8 Å². The molecule has 1 unspecified atom stereocenters. The van der Waals surface area contributed by atoms with E-state index in [2.05, 4.69) is 15.5 Å². The molecule has 1 saturated heterocycles. The van der Waals surface area contributed by atoms with Crippen molar-refractivity contribution < 1.29 is 14.3 Å². The van der Waals surface area contributed by atoms with Gasteiger partial charge in [-0.3, -0.25) is 9.79 Å². The minimum atomic E-state index is -0.696. The van der Waals surface area contributed by atoms with Gasteiger partial charge in [0, 0.05) is 27.6 Å². The predicted molar refractivity (Wildman–Crippen MR) is 130 cm³/mol. The van der Waals surface area contributed by atoms with Crippen LogP contribution in [0.3, 0.4) is 0 Å². The van der Waals surface area contributed by atoms with E-state index in [0.717, 1.165) is 13.0 Å². The standard InChI is InChI=1S/C24H21Cl2N5O4/c25-13-7-9-19-15(12-13)21(14-4-1-2-5-16(14)26)28-17(22-29-30-24(34)31(19)22)8-10-20(32)35-23(33)18-6-3-11-27-18/h1-2,4-5,7,9,12,17-18,27H,3,6,8,10-11H2,(H,30,34)/t17-,18?/m0/s1. The molecule has 3 heterocycles. The van der Waals surface area contributed by atoms with E-state index < -0.39 is 29.7 Å². The Morgan fingerprint density at radius 2 is 1.97 bits per heavy atom. The number of benzene rings is 2. The first-order chi connectivity index (χ1) is 16.9. The van der Waals surface area contributed by atoms with E-state index in [4.69, 9.17) is 32.9 Å². The molecule has 5 rings (SSSR count). The minimum Gasteiger partial charge on any atom is -0.392 e. The summed E-state index contributed by atoms with van der Waals surface area (Å²) in [5.74, 6) is -0.906. The molecule has 2 aromatic carbocycles. The summed E-state index contributed by atoms with van der Waals surface area (Å²) in [4.78, 5) is 42.3. The predicted octanol–water partition coefficient (Wildman–Crippen LogP) is 3.36. The number of rotatable bonds is 5. The van der Waals surface area contributed by atoms with Gasteiger partial charge in [-0.05, 0) is 50.1 Å². The molecule has 1 fully saturated rings. The third-order valence-electron chi connectivity index (χ3n) is 6.05. The third kappa shape index (κ3) is 4.67. The number of aliphatic imine (C=N–C) groups is 1. The SMILES string of the molecule is O=C(CC[C@@H]1N=C(c2ccccc2Cl)c2cc(Cl)ccc2-n2c1n[nH]c2=O)OC(=O)C1CCCN1. The van der Waals surface area contributed by atoms with Gasteiger partial charge in [0.05, 0.1) is 11.4 Å². The number of aromatic amines is 1. The van der Waals surface area contributed by atoms with Gasteiger partial charge in [0.25, 0.3) is 0 Å². The van der Waals surface area contributed by atoms with Crippen LogP contribution in [0.5, 0.6) is 0 Å². The fourth-order valence-corrected chi connectivity index (χ4v) is 4.78. The lowest BCUT2D eigenvalue weighted by Gasteiger charge is -2.13. The number of ether oxygens (including phenoxy) is 1. The molecule has 2 N–H and O–H groups in total. The number of nitrogens with zero attached hydrogens (tertiary/aromatic N) is 3. The van der Waals surface area contributed by atoms with Gasteiger partial charge in [0.1, 0.15) is 12.1 Å². The van der Waals surface area contributed by atoms with Crippen molar-refractivity contribution in [3.8, 4) is 5.69 Å². The summed E-state index contributed by atoms with van der Waals surface area (Å²) in [6.45, 7) is 0.719. The number of aromatic nitrogens is 3. The Kier molecular flexibility index (Phi) is 6.55. The van der Waals surface area contributed by atoms with Crippen LogP contribution < -0.4 is 11.0 Å². The topological polar surface area (TPSA) is 118 Å². The highest BCUT2D eigenvalue weighted by molar-refractivity contribution is 6.36. The maximum Gasteiger partial charge on any atom is 0.348 e. The smallest absolute Gasteiger partial charge is 0.348 e. The summed E-state index contributed by atoms with van der Waals surface area (Å²) in [6.07, 6.45) is 1.56. The van der Waals surface area contributed by atoms with Gasteiger partial charge in [-0.2, -0.15) is 5.10 Å². The molecule has 11 heteroatoms. The number of H-pyrrole nitrogens is 1. The van der Waals surface area contributed by atoms with Gasteiger partial charge < -0.3 is 10.1 Å². The van der Waals surface area contributed by atoms with E-state index in [1.165, 1.54) is 4.57 Å². The molecular formula is C24H21Cl2N5O4. The van der Waals surface area contributed by atoms with Gasteiger partial charge in [-0.25, -0.2) is 19.3 Å². The fourth-order valence-electron chi connectivity index (χ4n) is 4.38. The minimum absolute atomic E-state index is 0.0966. The monoisotopic (exact) mass is 513 g/mol. The molecule has 0 radical (unpaired) electrons. The summed E-state index contributed by atoms with van der Waals surface area (Å²) in [7, 11) is 0. The number of carbonyl (C=O) groups excluding carboxylic acids is 2. The van der Waals surface area contributed by atoms with Gasteiger partial charge in [-0.15, -0.1) is 0 Å². The molecule has 0 saturated carbocycles. The summed E-state index contributed by atoms with van der Waals surface area (Å²) in [5, 5.41) is 10.6. The van der Waals surface area contributed by atoms with Crippen LogP contribution in [0.4, 0.5) is 0 Å². The average molecular weight is 514 g/mol. The van der Waals surface area contributed by atoms with Gasteiger partial charge in [0.2, 0.25) is 0 Å². The second kappa shape index (κ2) is 9.77. The van der Waals surface area contributed by atoms with Crippen molar-refractivity contribution in [2.75, 3.05) is 6.54 Å². The first kappa shape index (κ1) is 23.5. The Morgan fingerprint density at radius 1 is 1.14 bits per heavy atom. The molecule has 9 nitrogen and oxygen atoms in total. The van der Waals surface area contributed by atoms with E-state index in [1.54, 1.807) is 30.3 Å². The highest BCUT2D eigenvalue weighted by Crippen LogP contribution is 2.34. The number of hydrogen-bond donors (Lipinski definition) is 2. The number of nitrogens with one attached hydrogen (secondary N) is 2. The van der Waals surface area contributed by atoms with Crippen molar-refractivity contribution in [3.05, 3.63) is 79.9 Å². The molecule has 0 spiro atoms. The van der Waals surface area contributed by atoms with E-state index >= 15 is 0 Å². The molecule has 0 bridgehead atoms. The molecule has 180 valence electrons. The van der Waals surface area contributed by atoms with Crippen LogP contribution in [-0.2, 0) is 14.3 Å². The van der Waals surface area contributed by atoms with Crippen LogP contribution in [0.25, 0.3) is 5.69 Å². The Morgan fingerprint density at radius 3 is 2.74 bits per heavy atom. The van der Waals surface area contributed by atoms with E-state index in [-0.39, 0.29) is 12.8 Å². The van der Waals surface area contributed by atoms with Crippen LogP contribution in [0, 0.1) is 0 Å². The van der Waals surface area contributed by atoms with Crippen molar-refractivity contribution >= 4 is 40.9 Å². The number of halogens is 2. The number of fused-ring (bicyclic) bond motifs is 3. The van der Waals surface area contributed by atoms with Crippen LogP contribution in [0.2, 0.25) is 10.0 Å². The zero-order valence-electron chi connectivity index (χ0n) is 18.5. The maximum absolute atomic E-state index is 12.7. The average Bonchev–Trinajstić information content (AvgIpc) is 3.48. The Balaban J connectivity index is 1.51. The largest absolute Gasteiger partial charge is 0.392 e. The Bertz CT molecular complexity index is 1390. The Labute approximate surface area is 210 Å². The molecule has 2 aliphatic rings. The van der Waals surface area contributed by atoms with E-state index in [9.17, 15) is 14.4 Å². The zero-order valence-corrected chi connectivity index (χ0v) is 20.0. The normalized spacial score (nSPS) is 18.9. The zero-order chi connectivity index (χ0) is 24.5. The molecule has 3 aromatic rings. The highest BCUT2D eigenvalue weighted by Gasteiger charge is 2.30. The van der Waals surface area contributed by atoms with Crippen LogP contribution in [0.1, 0.15) is 48.7 Å². The van der Waals surface area contributed by atoms with Crippen molar-refractivity contribution in [2.24, 2.45) is 4.99 Å². The van der Waals surface area contributed by atoms with Gasteiger partial charge >= 0.3 is 17.6 Å². The highest BCUT2D eigenvalue weighted by atomic mass is 35.5. The lowest BCUT2D eigenvalue weighted by molar-refractivity contribution is -0.161. The van der Waals surface area contributed by atoms with Crippen LogP contribution in [-0.4, -0.2) is 45.0 Å². The summed E-state index contributed by atoms with van der Waals surface area (Å²) >= 11 is 12.8. The molecule has 2 aliphatic heterocycles.